The Morgan fingerprint density at radius 2 is 1.77 bits per heavy atom. The Balaban J connectivity index is 1.67. The number of aryl methyl sites for hydroxylation is 1. The number of aromatic nitrogens is 1. The number of nitrogens with zero attached hydrogens (tertiary/aromatic N) is 2. The zero-order valence-corrected chi connectivity index (χ0v) is 24.3. The van der Waals surface area contributed by atoms with Gasteiger partial charge in [0.25, 0.3) is 0 Å². The van der Waals surface area contributed by atoms with E-state index in [1.165, 1.54) is 23.5 Å². The fourth-order valence-electron chi connectivity index (χ4n) is 4.96. The molecule has 0 radical (unpaired) electrons. The van der Waals surface area contributed by atoms with Crippen molar-refractivity contribution in [3.63, 3.8) is 0 Å². The summed E-state index contributed by atoms with van der Waals surface area (Å²) in [6, 6.07) is 26.7. The summed E-state index contributed by atoms with van der Waals surface area (Å²) in [5, 5.41) is 7.00. The number of ether oxygens (including phenoxy) is 1. The van der Waals surface area contributed by atoms with Crippen LogP contribution in [0.5, 0.6) is 5.75 Å². The minimum absolute atomic E-state index is 0.205. The molecule has 1 atom stereocenters. The van der Waals surface area contributed by atoms with Crippen molar-refractivity contribution in [1.29, 1.82) is 0 Å². The minimum atomic E-state index is -4.80. The van der Waals surface area contributed by atoms with Gasteiger partial charge in [0.2, 0.25) is 5.91 Å². The average molecular weight is 605 g/mol. The first-order valence-electron chi connectivity index (χ1n) is 13.8. The van der Waals surface area contributed by atoms with Crippen LogP contribution in [0.25, 0.3) is 22.0 Å². The first-order valence-corrected chi connectivity index (χ1v) is 14.7. The molecule has 0 bridgehead atoms. The summed E-state index contributed by atoms with van der Waals surface area (Å²) in [5.41, 5.74) is 9.71. The van der Waals surface area contributed by atoms with Crippen LogP contribution in [0.4, 0.5) is 18.9 Å². The Kier molecular flexibility index (Phi) is 9.27. The molecule has 4 aromatic carbocycles. The van der Waals surface area contributed by atoms with Crippen LogP contribution in [-0.2, 0) is 11.2 Å². The quantitative estimate of drug-likeness (QED) is 0.168. The highest BCUT2D eigenvalue weighted by atomic mass is 32.1. The molecule has 1 heterocycles. The van der Waals surface area contributed by atoms with Gasteiger partial charge in [0.15, 0.2) is 4.80 Å². The van der Waals surface area contributed by atoms with Gasteiger partial charge < -0.3 is 20.4 Å². The molecule has 0 saturated heterocycles. The van der Waals surface area contributed by atoms with Gasteiger partial charge in [-0.3, -0.25) is 4.79 Å². The molecule has 1 aromatic heterocycles. The first kappa shape index (κ1) is 30.1. The van der Waals surface area contributed by atoms with E-state index in [4.69, 9.17) is 10.7 Å². The number of halogens is 3. The second-order valence-electron chi connectivity index (χ2n) is 10.1. The monoisotopic (exact) mass is 604 g/mol. The van der Waals surface area contributed by atoms with E-state index in [1.807, 2.05) is 83.6 Å². The summed E-state index contributed by atoms with van der Waals surface area (Å²) in [5.74, 6) is -0.529. The molecule has 0 aliphatic heterocycles. The van der Waals surface area contributed by atoms with Gasteiger partial charge >= 0.3 is 6.36 Å². The SMILES string of the molecule is Cc1cccc(N=c2scc(-c3ccc(OC(F)(F)F)cc3)n2[C@@H](Cc2cccc3ccccc23)C(=O)NCCCN)c1. The van der Waals surface area contributed by atoms with E-state index < -0.39 is 12.4 Å². The molecule has 1 amide bonds. The van der Waals surface area contributed by atoms with E-state index in [0.29, 0.717) is 42.0 Å². The van der Waals surface area contributed by atoms with E-state index in [-0.39, 0.29) is 11.7 Å². The third-order valence-electron chi connectivity index (χ3n) is 6.94. The Morgan fingerprint density at radius 3 is 2.51 bits per heavy atom. The van der Waals surface area contributed by atoms with Crippen molar-refractivity contribution >= 4 is 33.7 Å². The minimum Gasteiger partial charge on any atom is -0.406 e. The highest BCUT2D eigenvalue weighted by molar-refractivity contribution is 7.07. The summed E-state index contributed by atoms with van der Waals surface area (Å²) in [6.45, 7) is 2.83. The van der Waals surface area contributed by atoms with E-state index in [2.05, 4.69) is 10.1 Å². The number of fused-ring (bicyclic) bond motifs is 1. The molecule has 10 heteroatoms. The van der Waals surface area contributed by atoms with E-state index in [9.17, 15) is 18.0 Å². The molecule has 0 saturated carbocycles. The summed E-state index contributed by atoms with van der Waals surface area (Å²) in [6.07, 6.45) is -3.82. The van der Waals surface area contributed by atoms with Gasteiger partial charge in [-0.25, -0.2) is 4.99 Å². The van der Waals surface area contributed by atoms with Crippen LogP contribution in [0.2, 0.25) is 0 Å². The lowest BCUT2D eigenvalue weighted by Crippen LogP contribution is -2.38. The van der Waals surface area contributed by atoms with Crippen LogP contribution in [-0.4, -0.2) is 29.9 Å². The third kappa shape index (κ3) is 7.52. The molecule has 0 fully saturated rings. The number of carbonyl (C=O) groups excluding carboxylic acids is 1. The Bertz CT molecular complexity index is 1770. The topological polar surface area (TPSA) is 81.6 Å². The summed E-state index contributed by atoms with van der Waals surface area (Å²) in [4.78, 5) is 19.5. The van der Waals surface area contributed by atoms with Crippen LogP contribution in [0.1, 0.15) is 23.6 Å². The van der Waals surface area contributed by atoms with Crippen LogP contribution in [0, 0.1) is 6.92 Å². The number of carbonyl (C=O) groups is 1. The second-order valence-corrected chi connectivity index (χ2v) is 10.9. The molecular formula is C33H31F3N4O2S. The molecule has 0 aliphatic rings. The van der Waals surface area contributed by atoms with Crippen LogP contribution in [0.3, 0.4) is 0 Å². The zero-order valence-electron chi connectivity index (χ0n) is 23.5. The molecule has 43 heavy (non-hydrogen) atoms. The lowest BCUT2D eigenvalue weighted by molar-refractivity contribution is -0.274. The molecule has 6 nitrogen and oxygen atoms in total. The standard InChI is InChI=1S/C33H31F3N4O2S/c1-22-7-4-11-26(19-22)39-32-40(30(21-43-32)24-13-15-27(16-14-24)42-33(34,35)36)29(31(41)38-18-6-17-37)20-25-10-5-9-23-8-2-3-12-28(23)25/h2-5,7-16,19,21,29H,6,17-18,20,37H2,1H3,(H,38,41)/t29-/m0/s1. The van der Waals surface area contributed by atoms with E-state index in [1.54, 1.807) is 12.1 Å². The summed E-state index contributed by atoms with van der Waals surface area (Å²) in [7, 11) is 0. The van der Waals surface area contributed by atoms with Crippen molar-refractivity contribution < 1.29 is 22.7 Å². The van der Waals surface area contributed by atoms with Gasteiger partial charge in [-0.2, -0.15) is 0 Å². The second kappa shape index (κ2) is 13.3. The first-order chi connectivity index (χ1) is 20.7. The maximum atomic E-state index is 14.0. The van der Waals surface area contributed by atoms with Crippen molar-refractivity contribution in [2.24, 2.45) is 10.7 Å². The summed E-state index contributed by atoms with van der Waals surface area (Å²) >= 11 is 1.36. The van der Waals surface area contributed by atoms with Crippen molar-refractivity contribution in [1.82, 2.24) is 9.88 Å². The maximum absolute atomic E-state index is 14.0. The zero-order chi connectivity index (χ0) is 30.4. The molecule has 3 N–H and O–H groups in total. The number of thiazole rings is 1. The normalized spacial score (nSPS) is 12.8. The van der Waals surface area contributed by atoms with Gasteiger partial charge in [-0.1, -0.05) is 54.6 Å². The average Bonchev–Trinajstić information content (AvgIpc) is 3.38. The Labute approximate surface area is 251 Å². The van der Waals surface area contributed by atoms with Crippen LogP contribution in [0.15, 0.2) is 101 Å². The molecule has 0 aliphatic carbocycles. The maximum Gasteiger partial charge on any atom is 0.573 e. The Morgan fingerprint density at radius 1 is 1.02 bits per heavy atom. The van der Waals surface area contributed by atoms with E-state index in [0.717, 1.165) is 27.6 Å². The third-order valence-corrected chi connectivity index (χ3v) is 7.78. The van der Waals surface area contributed by atoms with Gasteiger partial charge in [-0.15, -0.1) is 24.5 Å². The largest absolute Gasteiger partial charge is 0.573 e. The molecule has 222 valence electrons. The smallest absolute Gasteiger partial charge is 0.406 e. The number of nitrogens with one attached hydrogen (secondary N) is 1. The Hall–Kier alpha value is -4.41. The lowest BCUT2D eigenvalue weighted by Gasteiger charge is -2.22. The van der Waals surface area contributed by atoms with Crippen LogP contribution >= 0.6 is 11.3 Å². The van der Waals surface area contributed by atoms with Crippen LogP contribution < -0.4 is 20.6 Å². The lowest BCUT2D eigenvalue weighted by atomic mass is 9.97. The van der Waals surface area contributed by atoms with Crippen molar-refractivity contribution in [2.45, 2.75) is 32.2 Å². The number of benzene rings is 4. The number of hydrogen-bond acceptors (Lipinski definition) is 5. The van der Waals surface area contributed by atoms with Gasteiger partial charge in [-0.05, 0) is 83.8 Å². The van der Waals surface area contributed by atoms with Crippen molar-refractivity contribution in [3.8, 4) is 17.0 Å². The number of hydrogen-bond donors (Lipinski definition) is 2. The van der Waals surface area contributed by atoms with Crippen molar-refractivity contribution in [2.75, 3.05) is 13.1 Å². The molecular weight excluding hydrogens is 573 g/mol. The fraction of sp³-hybridized carbons (Fsp3) is 0.212. The number of nitrogens with two attached hydrogens (primary N) is 1. The van der Waals surface area contributed by atoms with Crippen molar-refractivity contribution in [3.05, 3.63) is 112 Å². The number of amides is 1. The highest BCUT2D eigenvalue weighted by Gasteiger charge is 2.31. The highest BCUT2D eigenvalue weighted by Crippen LogP contribution is 2.31. The number of rotatable bonds is 10. The summed E-state index contributed by atoms with van der Waals surface area (Å²) < 4.78 is 44.4. The predicted molar refractivity (Wildman–Crippen MR) is 164 cm³/mol. The molecule has 5 aromatic rings. The number of alkyl halides is 3. The van der Waals surface area contributed by atoms with Gasteiger partial charge in [0.05, 0.1) is 11.4 Å². The van der Waals surface area contributed by atoms with Gasteiger partial charge in [0, 0.05) is 18.3 Å². The molecule has 0 spiro atoms. The predicted octanol–water partition coefficient (Wildman–Crippen LogP) is 7.06. The fourth-order valence-corrected chi connectivity index (χ4v) is 5.92. The van der Waals surface area contributed by atoms with E-state index >= 15 is 0 Å². The molecule has 0 unspecified atom stereocenters. The molecule has 5 rings (SSSR count). The van der Waals surface area contributed by atoms with Gasteiger partial charge in [0.1, 0.15) is 11.8 Å².